The predicted molar refractivity (Wildman–Crippen MR) is 69.7 cm³/mol. The number of aliphatic carboxylic acids is 1. The van der Waals surface area contributed by atoms with Gasteiger partial charge in [-0.1, -0.05) is 12.1 Å². The summed E-state index contributed by atoms with van der Waals surface area (Å²) in [6.45, 7) is 1.52. The first-order valence-corrected chi connectivity index (χ1v) is 5.73. The Kier molecular flexibility index (Phi) is 3.21. The van der Waals surface area contributed by atoms with Gasteiger partial charge in [0.25, 0.3) is 0 Å². The lowest BCUT2D eigenvalue weighted by atomic mass is 9.94. The van der Waals surface area contributed by atoms with Crippen LogP contribution in [0.25, 0.3) is 5.69 Å². The normalized spacial score (nSPS) is 14.1. The van der Waals surface area contributed by atoms with E-state index in [0.29, 0.717) is 6.42 Å². The molecule has 94 valence electrons. The van der Waals surface area contributed by atoms with Crippen LogP contribution in [0.3, 0.4) is 0 Å². The van der Waals surface area contributed by atoms with Crippen molar-refractivity contribution in [2.75, 3.05) is 0 Å². The van der Waals surface area contributed by atoms with Crippen molar-refractivity contribution in [2.45, 2.75) is 18.9 Å². The number of hydrogen-bond acceptors (Lipinski definition) is 2. The molecule has 2 aromatic rings. The monoisotopic (exact) mass is 244 g/mol. The molecule has 18 heavy (non-hydrogen) atoms. The number of nitrogens with two attached hydrogens (primary N) is 1. The van der Waals surface area contributed by atoms with Gasteiger partial charge in [0.1, 0.15) is 5.54 Å². The SMILES string of the molecule is C[C@@](N)(Cc1ccc(-n2cccc2)cc1)C(=O)O. The van der Waals surface area contributed by atoms with Gasteiger partial charge in [-0.2, -0.15) is 0 Å². The van der Waals surface area contributed by atoms with E-state index in [4.69, 9.17) is 10.8 Å². The Hall–Kier alpha value is -2.07. The Morgan fingerprint density at radius 2 is 1.83 bits per heavy atom. The summed E-state index contributed by atoms with van der Waals surface area (Å²) in [5, 5.41) is 8.98. The van der Waals surface area contributed by atoms with Crippen molar-refractivity contribution < 1.29 is 9.90 Å². The maximum atomic E-state index is 10.9. The van der Waals surface area contributed by atoms with Crippen LogP contribution in [0.1, 0.15) is 12.5 Å². The van der Waals surface area contributed by atoms with Crippen molar-refractivity contribution in [1.82, 2.24) is 4.57 Å². The highest BCUT2D eigenvalue weighted by Crippen LogP contribution is 2.14. The Labute approximate surface area is 106 Å². The van der Waals surface area contributed by atoms with Crippen LogP contribution in [0.4, 0.5) is 0 Å². The molecule has 0 saturated carbocycles. The lowest BCUT2D eigenvalue weighted by Gasteiger charge is -2.19. The Morgan fingerprint density at radius 1 is 1.28 bits per heavy atom. The summed E-state index contributed by atoms with van der Waals surface area (Å²) in [6.07, 6.45) is 4.23. The third-order valence-electron chi connectivity index (χ3n) is 2.90. The second-order valence-corrected chi connectivity index (χ2v) is 4.66. The number of rotatable bonds is 4. The molecule has 0 aliphatic heterocycles. The molecule has 0 amide bonds. The van der Waals surface area contributed by atoms with E-state index in [-0.39, 0.29) is 0 Å². The molecule has 0 saturated heterocycles. The minimum atomic E-state index is -1.23. The van der Waals surface area contributed by atoms with Crippen LogP contribution in [0.2, 0.25) is 0 Å². The van der Waals surface area contributed by atoms with Gasteiger partial charge >= 0.3 is 5.97 Å². The van der Waals surface area contributed by atoms with Gasteiger partial charge < -0.3 is 15.4 Å². The molecular formula is C14H16N2O2. The van der Waals surface area contributed by atoms with E-state index in [9.17, 15) is 4.79 Å². The maximum absolute atomic E-state index is 10.9. The first-order valence-electron chi connectivity index (χ1n) is 5.73. The minimum Gasteiger partial charge on any atom is -0.480 e. The zero-order chi connectivity index (χ0) is 13.2. The predicted octanol–water partition coefficient (Wildman–Crippen LogP) is 1.82. The van der Waals surface area contributed by atoms with E-state index >= 15 is 0 Å². The fourth-order valence-corrected chi connectivity index (χ4v) is 1.79. The van der Waals surface area contributed by atoms with E-state index < -0.39 is 11.5 Å². The molecule has 1 atom stereocenters. The Bertz CT molecular complexity index is 527. The average Bonchev–Trinajstić information content (AvgIpc) is 2.83. The van der Waals surface area contributed by atoms with Crippen LogP contribution >= 0.6 is 0 Å². The fourth-order valence-electron chi connectivity index (χ4n) is 1.79. The summed E-state index contributed by atoms with van der Waals surface area (Å²) in [7, 11) is 0. The highest BCUT2D eigenvalue weighted by atomic mass is 16.4. The lowest BCUT2D eigenvalue weighted by molar-refractivity contribution is -0.142. The van der Waals surface area contributed by atoms with Gasteiger partial charge in [0, 0.05) is 24.5 Å². The van der Waals surface area contributed by atoms with Crippen LogP contribution < -0.4 is 5.73 Å². The van der Waals surface area contributed by atoms with Crippen molar-refractivity contribution in [2.24, 2.45) is 5.73 Å². The van der Waals surface area contributed by atoms with Gasteiger partial charge in [-0.15, -0.1) is 0 Å². The molecule has 0 aliphatic rings. The van der Waals surface area contributed by atoms with Crippen LogP contribution in [-0.4, -0.2) is 21.2 Å². The standard InChI is InChI=1S/C14H16N2O2/c1-14(15,13(17)18)10-11-4-6-12(7-5-11)16-8-2-3-9-16/h2-9H,10,15H2,1H3,(H,17,18)/t14-/m1/s1. The molecule has 0 aliphatic carbocycles. The van der Waals surface area contributed by atoms with E-state index in [1.807, 2.05) is 53.4 Å². The van der Waals surface area contributed by atoms with Crippen LogP contribution in [-0.2, 0) is 11.2 Å². The Balaban J connectivity index is 2.16. The zero-order valence-electron chi connectivity index (χ0n) is 10.2. The summed E-state index contributed by atoms with van der Waals surface area (Å²) in [5.74, 6) is -0.989. The van der Waals surface area contributed by atoms with Gasteiger partial charge in [-0.25, -0.2) is 0 Å². The number of aromatic nitrogens is 1. The lowest BCUT2D eigenvalue weighted by Crippen LogP contribution is -2.46. The molecule has 0 spiro atoms. The molecule has 2 rings (SSSR count). The fraction of sp³-hybridized carbons (Fsp3) is 0.214. The average molecular weight is 244 g/mol. The second kappa shape index (κ2) is 4.66. The van der Waals surface area contributed by atoms with Crippen LogP contribution in [0, 0.1) is 0 Å². The number of carbonyl (C=O) groups is 1. The molecule has 1 aromatic carbocycles. The largest absolute Gasteiger partial charge is 0.480 e. The first-order chi connectivity index (χ1) is 8.49. The van der Waals surface area contributed by atoms with Gasteiger partial charge in [-0.3, -0.25) is 4.79 Å². The summed E-state index contributed by atoms with van der Waals surface area (Å²) in [6, 6.07) is 11.6. The third-order valence-corrected chi connectivity index (χ3v) is 2.90. The molecule has 4 nitrogen and oxygen atoms in total. The van der Waals surface area contributed by atoms with Crippen molar-refractivity contribution in [3.05, 3.63) is 54.4 Å². The number of benzene rings is 1. The van der Waals surface area contributed by atoms with Crippen molar-refractivity contribution in [3.8, 4) is 5.69 Å². The van der Waals surface area contributed by atoms with Crippen molar-refractivity contribution in [1.29, 1.82) is 0 Å². The topological polar surface area (TPSA) is 68.2 Å². The smallest absolute Gasteiger partial charge is 0.323 e. The minimum absolute atomic E-state index is 0.314. The third kappa shape index (κ3) is 2.60. The molecule has 1 heterocycles. The molecule has 0 unspecified atom stereocenters. The van der Waals surface area contributed by atoms with Gasteiger partial charge in [0.05, 0.1) is 0 Å². The van der Waals surface area contributed by atoms with E-state index in [1.54, 1.807) is 0 Å². The molecule has 4 heteroatoms. The number of hydrogen-bond donors (Lipinski definition) is 2. The maximum Gasteiger partial charge on any atom is 0.323 e. The molecule has 3 N–H and O–H groups in total. The van der Waals surface area contributed by atoms with Gasteiger partial charge in [0.15, 0.2) is 0 Å². The quantitative estimate of drug-likeness (QED) is 0.862. The molecule has 0 bridgehead atoms. The molecule has 0 radical (unpaired) electrons. The summed E-state index contributed by atoms with van der Waals surface area (Å²) in [4.78, 5) is 10.9. The second-order valence-electron chi connectivity index (χ2n) is 4.66. The van der Waals surface area contributed by atoms with Crippen molar-refractivity contribution in [3.63, 3.8) is 0 Å². The van der Waals surface area contributed by atoms with E-state index in [2.05, 4.69) is 0 Å². The van der Waals surface area contributed by atoms with Crippen LogP contribution in [0.5, 0.6) is 0 Å². The van der Waals surface area contributed by atoms with Gasteiger partial charge in [-0.05, 0) is 36.8 Å². The van der Waals surface area contributed by atoms with Crippen molar-refractivity contribution >= 4 is 5.97 Å². The molecule has 1 aromatic heterocycles. The van der Waals surface area contributed by atoms with Crippen LogP contribution in [0.15, 0.2) is 48.8 Å². The number of carboxylic acids is 1. The number of carboxylic acid groups (broad SMARTS) is 1. The molecule has 0 fully saturated rings. The zero-order valence-corrected chi connectivity index (χ0v) is 10.2. The number of nitrogens with zero attached hydrogens (tertiary/aromatic N) is 1. The summed E-state index contributed by atoms with van der Waals surface area (Å²) in [5.41, 5.74) is 6.45. The molecular weight excluding hydrogens is 228 g/mol. The highest BCUT2D eigenvalue weighted by Gasteiger charge is 2.27. The summed E-state index contributed by atoms with van der Waals surface area (Å²) >= 11 is 0. The van der Waals surface area contributed by atoms with E-state index in [0.717, 1.165) is 11.3 Å². The summed E-state index contributed by atoms with van der Waals surface area (Å²) < 4.78 is 1.99. The van der Waals surface area contributed by atoms with E-state index in [1.165, 1.54) is 6.92 Å². The highest BCUT2D eigenvalue weighted by molar-refractivity contribution is 5.78. The first kappa shape index (κ1) is 12.4. The van der Waals surface area contributed by atoms with Gasteiger partial charge in [0.2, 0.25) is 0 Å². The Morgan fingerprint density at radius 3 is 2.33 bits per heavy atom.